The Hall–Kier alpha value is -1.73. The fourth-order valence-electron chi connectivity index (χ4n) is 3.73. The Morgan fingerprint density at radius 1 is 1.50 bits per heavy atom. The molecule has 24 heavy (non-hydrogen) atoms. The number of hydrogen-bond acceptors (Lipinski definition) is 6. The summed E-state index contributed by atoms with van der Waals surface area (Å²) in [6, 6.07) is -0.341. The van der Waals surface area contributed by atoms with Crippen molar-refractivity contribution in [3.05, 3.63) is 33.1 Å². The first kappa shape index (κ1) is 15.8. The second-order valence-electron chi connectivity index (χ2n) is 6.94. The molecule has 3 heterocycles. The van der Waals surface area contributed by atoms with Crippen LogP contribution in [0, 0.1) is 12.8 Å². The van der Waals surface area contributed by atoms with Gasteiger partial charge in [0.05, 0.1) is 11.7 Å². The van der Waals surface area contributed by atoms with E-state index in [1.165, 1.54) is 10.4 Å². The number of fused-ring (bicyclic) bond motifs is 1. The molecule has 2 aromatic rings. The minimum absolute atomic E-state index is 0.0283. The van der Waals surface area contributed by atoms with Gasteiger partial charge in [0.2, 0.25) is 5.89 Å². The van der Waals surface area contributed by atoms with Gasteiger partial charge in [-0.05, 0) is 37.7 Å². The van der Waals surface area contributed by atoms with E-state index in [0.29, 0.717) is 30.6 Å². The van der Waals surface area contributed by atoms with Crippen molar-refractivity contribution in [3.63, 3.8) is 0 Å². The van der Waals surface area contributed by atoms with E-state index in [1.807, 2.05) is 5.38 Å². The lowest BCUT2D eigenvalue weighted by Crippen LogP contribution is -2.32. The highest BCUT2D eigenvalue weighted by molar-refractivity contribution is 7.10. The van der Waals surface area contributed by atoms with Gasteiger partial charge < -0.3 is 14.5 Å². The van der Waals surface area contributed by atoms with E-state index in [0.717, 1.165) is 24.8 Å². The molecule has 0 spiro atoms. The summed E-state index contributed by atoms with van der Waals surface area (Å²) in [6.45, 7) is 4.32. The summed E-state index contributed by atoms with van der Waals surface area (Å²) < 4.78 is 5.26. The molecule has 1 fully saturated rings. The van der Waals surface area contributed by atoms with Crippen LogP contribution >= 0.6 is 11.3 Å². The third kappa shape index (κ3) is 2.65. The number of aliphatic hydroxyl groups is 1. The number of aryl methyl sites for hydroxylation is 1. The molecule has 3 atom stereocenters. The number of aliphatic hydroxyl groups excluding tert-OH is 1. The first-order valence-electron chi connectivity index (χ1n) is 8.41. The Morgan fingerprint density at radius 3 is 3.08 bits per heavy atom. The molecule has 0 aromatic carbocycles. The van der Waals surface area contributed by atoms with Crippen molar-refractivity contribution in [3.8, 4) is 0 Å². The molecule has 128 valence electrons. The molecule has 0 bridgehead atoms. The minimum Gasteiger partial charge on any atom is -0.391 e. The van der Waals surface area contributed by atoms with E-state index in [1.54, 1.807) is 23.2 Å². The predicted molar refractivity (Wildman–Crippen MR) is 88.9 cm³/mol. The van der Waals surface area contributed by atoms with Crippen LogP contribution in [-0.4, -0.2) is 38.7 Å². The Labute approximate surface area is 144 Å². The quantitative estimate of drug-likeness (QED) is 0.903. The fourth-order valence-corrected chi connectivity index (χ4v) is 4.97. The second kappa shape index (κ2) is 5.97. The van der Waals surface area contributed by atoms with Crippen molar-refractivity contribution in [2.75, 3.05) is 6.54 Å². The molecule has 6 nitrogen and oxygen atoms in total. The topological polar surface area (TPSA) is 79.5 Å². The lowest BCUT2D eigenvalue weighted by Gasteiger charge is -2.23. The number of nitrogens with zero attached hydrogens (tertiary/aromatic N) is 3. The third-order valence-electron chi connectivity index (χ3n) is 5.00. The van der Waals surface area contributed by atoms with Gasteiger partial charge >= 0.3 is 0 Å². The lowest BCUT2D eigenvalue weighted by molar-refractivity contribution is 0.0692. The van der Waals surface area contributed by atoms with Crippen LogP contribution in [0.1, 0.15) is 58.3 Å². The van der Waals surface area contributed by atoms with Crippen LogP contribution < -0.4 is 0 Å². The van der Waals surface area contributed by atoms with E-state index in [9.17, 15) is 9.90 Å². The molecule has 4 rings (SSSR count). The summed E-state index contributed by atoms with van der Waals surface area (Å²) in [7, 11) is 0. The van der Waals surface area contributed by atoms with Gasteiger partial charge in [0.15, 0.2) is 5.82 Å². The Bertz CT molecular complexity index is 769. The van der Waals surface area contributed by atoms with Gasteiger partial charge in [-0.15, -0.1) is 11.3 Å². The molecule has 1 aliphatic heterocycles. The molecular formula is C17H21N3O3S. The standard InChI is InChI=1S/C17H21N3O3S/c1-9-3-4-12-13(8-24-15(12)5-9)17(22)20-7-11(21)6-14(20)16-18-10(2)19-23-16/h8-9,11,14,21H,3-7H2,1-2H3/t9-,11+,14-/m1/s1. The number of amides is 1. The summed E-state index contributed by atoms with van der Waals surface area (Å²) in [5.41, 5.74) is 1.99. The van der Waals surface area contributed by atoms with Crippen molar-refractivity contribution in [2.45, 2.75) is 51.7 Å². The molecule has 0 unspecified atom stereocenters. The zero-order chi connectivity index (χ0) is 16.8. The normalized spacial score (nSPS) is 26.6. The minimum atomic E-state index is -0.555. The van der Waals surface area contributed by atoms with Gasteiger partial charge in [-0.2, -0.15) is 4.98 Å². The molecule has 1 saturated heterocycles. The number of aromatic nitrogens is 2. The fraction of sp³-hybridized carbons (Fsp3) is 0.588. The number of carbonyl (C=O) groups is 1. The predicted octanol–water partition coefficient (Wildman–Crippen LogP) is 2.51. The molecule has 1 N–H and O–H groups in total. The number of hydrogen-bond donors (Lipinski definition) is 1. The number of carbonyl (C=O) groups excluding carboxylic acids is 1. The van der Waals surface area contributed by atoms with E-state index >= 15 is 0 Å². The monoisotopic (exact) mass is 347 g/mol. The van der Waals surface area contributed by atoms with Crippen LogP contribution in [0.3, 0.4) is 0 Å². The Kier molecular flexibility index (Phi) is 3.92. The summed E-state index contributed by atoms with van der Waals surface area (Å²) in [5.74, 6) is 1.61. The smallest absolute Gasteiger partial charge is 0.255 e. The number of thiophene rings is 1. The maximum Gasteiger partial charge on any atom is 0.255 e. The summed E-state index contributed by atoms with van der Waals surface area (Å²) in [6.07, 6.45) is 3.03. The van der Waals surface area contributed by atoms with Gasteiger partial charge in [0.1, 0.15) is 6.04 Å². The second-order valence-corrected chi connectivity index (χ2v) is 7.91. The molecule has 0 radical (unpaired) electrons. The van der Waals surface area contributed by atoms with E-state index in [2.05, 4.69) is 17.1 Å². The maximum absolute atomic E-state index is 13.1. The average molecular weight is 347 g/mol. The van der Waals surface area contributed by atoms with Crippen molar-refractivity contribution < 1.29 is 14.4 Å². The molecule has 2 aromatic heterocycles. The molecule has 2 aliphatic rings. The first-order chi connectivity index (χ1) is 11.5. The van der Waals surface area contributed by atoms with Crippen LogP contribution in [0.4, 0.5) is 0 Å². The molecule has 1 aliphatic carbocycles. The molecule has 7 heteroatoms. The van der Waals surface area contributed by atoms with Crippen molar-refractivity contribution in [2.24, 2.45) is 5.92 Å². The van der Waals surface area contributed by atoms with Gasteiger partial charge in [-0.1, -0.05) is 12.1 Å². The third-order valence-corrected chi connectivity index (χ3v) is 6.05. The highest BCUT2D eigenvalue weighted by atomic mass is 32.1. The van der Waals surface area contributed by atoms with E-state index in [-0.39, 0.29) is 11.9 Å². The Morgan fingerprint density at radius 2 is 2.33 bits per heavy atom. The van der Waals surface area contributed by atoms with Crippen molar-refractivity contribution >= 4 is 17.2 Å². The largest absolute Gasteiger partial charge is 0.391 e. The van der Waals surface area contributed by atoms with E-state index < -0.39 is 6.10 Å². The highest BCUT2D eigenvalue weighted by Crippen LogP contribution is 2.37. The van der Waals surface area contributed by atoms with Crippen LogP contribution in [-0.2, 0) is 12.8 Å². The summed E-state index contributed by atoms with van der Waals surface area (Å²) in [4.78, 5) is 20.4. The van der Waals surface area contributed by atoms with Gasteiger partial charge in [0.25, 0.3) is 5.91 Å². The zero-order valence-electron chi connectivity index (χ0n) is 13.9. The van der Waals surface area contributed by atoms with Crippen LogP contribution in [0.5, 0.6) is 0 Å². The Balaban J connectivity index is 1.63. The molecule has 0 saturated carbocycles. The van der Waals surface area contributed by atoms with Crippen molar-refractivity contribution in [1.82, 2.24) is 15.0 Å². The zero-order valence-corrected chi connectivity index (χ0v) is 14.7. The summed E-state index contributed by atoms with van der Waals surface area (Å²) >= 11 is 1.68. The van der Waals surface area contributed by atoms with Gasteiger partial charge in [-0.25, -0.2) is 0 Å². The van der Waals surface area contributed by atoms with Gasteiger partial charge in [0, 0.05) is 23.2 Å². The highest BCUT2D eigenvalue weighted by Gasteiger charge is 2.40. The number of β-amino-alcohol motifs (C(OH)–C–C–N with tert-alkyl or cyclic N) is 1. The number of likely N-dealkylation sites (tertiary alicyclic amines) is 1. The SMILES string of the molecule is Cc1noc([C@H]2C[C@H](O)CN2C(=O)c2csc3c2CC[C@@H](C)C3)n1. The van der Waals surface area contributed by atoms with Crippen molar-refractivity contribution in [1.29, 1.82) is 0 Å². The van der Waals surface area contributed by atoms with Crippen LogP contribution in [0.25, 0.3) is 0 Å². The first-order valence-corrected chi connectivity index (χ1v) is 9.29. The number of rotatable bonds is 2. The van der Waals surface area contributed by atoms with Gasteiger partial charge in [-0.3, -0.25) is 4.79 Å². The lowest BCUT2D eigenvalue weighted by atomic mass is 9.88. The molecule has 1 amide bonds. The maximum atomic E-state index is 13.1. The average Bonchev–Trinajstić information content (AvgIpc) is 3.24. The van der Waals surface area contributed by atoms with Crippen LogP contribution in [0.2, 0.25) is 0 Å². The van der Waals surface area contributed by atoms with Crippen LogP contribution in [0.15, 0.2) is 9.90 Å². The molecular weight excluding hydrogens is 326 g/mol. The summed E-state index contributed by atoms with van der Waals surface area (Å²) in [5, 5.41) is 15.9. The van der Waals surface area contributed by atoms with E-state index in [4.69, 9.17) is 4.52 Å².